The molecule has 0 N–H and O–H groups in total. The lowest BCUT2D eigenvalue weighted by Gasteiger charge is -2.13. The molecular weight excluding hydrogens is 320 g/mol. The fourth-order valence-corrected chi connectivity index (χ4v) is 3.75. The van der Waals surface area contributed by atoms with Crippen LogP contribution in [0.2, 0.25) is 0 Å². The molecule has 1 aromatic heterocycles. The van der Waals surface area contributed by atoms with E-state index in [1.807, 2.05) is 0 Å². The number of nitrogens with zero attached hydrogens (tertiary/aromatic N) is 4. The molecule has 0 spiro atoms. The second-order valence-electron chi connectivity index (χ2n) is 6.13. The Balaban J connectivity index is 0.000000215. The molecule has 0 aliphatic carbocycles. The number of aromatic nitrogens is 4. The molecule has 1 heterocycles. The van der Waals surface area contributed by atoms with Crippen LogP contribution in [0, 0.1) is 0 Å². The number of hydrogen-bond donors (Lipinski definition) is 0. The van der Waals surface area contributed by atoms with Gasteiger partial charge in [0.15, 0.2) is 0 Å². The zero-order valence-corrected chi connectivity index (χ0v) is 13.9. The second-order valence-corrected chi connectivity index (χ2v) is 6.13. The SMILES string of the molecule is c1cc2cccc3c4cccc5cccc(c(c1)c23)c54.c1cnnnn1. The summed E-state index contributed by atoms with van der Waals surface area (Å²) in [4.78, 5) is 0. The Morgan fingerprint density at radius 1 is 0.423 bits per heavy atom. The van der Waals surface area contributed by atoms with E-state index >= 15 is 0 Å². The zero-order valence-electron chi connectivity index (χ0n) is 13.9. The van der Waals surface area contributed by atoms with E-state index in [0.29, 0.717) is 0 Å². The molecule has 6 rings (SSSR count). The lowest BCUT2D eigenvalue weighted by Crippen LogP contribution is -1.85. The Hall–Kier alpha value is -3.66. The molecule has 4 nitrogen and oxygen atoms in total. The minimum atomic E-state index is 1.33. The van der Waals surface area contributed by atoms with E-state index in [1.165, 1.54) is 55.5 Å². The van der Waals surface area contributed by atoms with Crippen molar-refractivity contribution in [3.8, 4) is 0 Å². The quantitative estimate of drug-likeness (QED) is 0.290. The van der Waals surface area contributed by atoms with Crippen molar-refractivity contribution in [2.24, 2.45) is 0 Å². The third-order valence-electron chi connectivity index (χ3n) is 4.73. The van der Waals surface area contributed by atoms with Crippen molar-refractivity contribution in [3.05, 3.63) is 85.2 Å². The predicted octanol–water partition coefficient (Wildman–Crippen LogP) is 5.00. The number of fused-ring (bicyclic) bond motifs is 2. The molecule has 0 aliphatic heterocycles. The normalized spacial score (nSPS) is 11.1. The van der Waals surface area contributed by atoms with E-state index < -0.39 is 0 Å². The van der Waals surface area contributed by atoms with Gasteiger partial charge in [0.2, 0.25) is 0 Å². The van der Waals surface area contributed by atoms with Crippen molar-refractivity contribution in [2.45, 2.75) is 0 Å². The molecule has 26 heavy (non-hydrogen) atoms. The molecule has 0 radical (unpaired) electrons. The highest BCUT2D eigenvalue weighted by atomic mass is 15.4. The molecule has 0 unspecified atom stereocenters. The van der Waals surface area contributed by atoms with Gasteiger partial charge in [-0.05, 0) is 53.5 Å². The van der Waals surface area contributed by atoms with E-state index in [9.17, 15) is 0 Å². The maximum absolute atomic E-state index is 3.36. The summed E-state index contributed by atoms with van der Waals surface area (Å²) in [5.74, 6) is 0. The third-order valence-corrected chi connectivity index (χ3v) is 4.73. The first-order valence-corrected chi connectivity index (χ1v) is 8.43. The summed E-state index contributed by atoms with van der Waals surface area (Å²) in [6, 6.07) is 26.4. The van der Waals surface area contributed by atoms with Crippen molar-refractivity contribution in [2.75, 3.05) is 0 Å². The molecule has 5 aromatic carbocycles. The highest BCUT2D eigenvalue weighted by Gasteiger charge is 2.11. The van der Waals surface area contributed by atoms with Gasteiger partial charge in [0.25, 0.3) is 0 Å². The summed E-state index contributed by atoms with van der Waals surface area (Å²) in [5, 5.41) is 24.0. The van der Waals surface area contributed by atoms with Gasteiger partial charge in [0, 0.05) is 0 Å². The first-order chi connectivity index (χ1) is 12.9. The third kappa shape index (κ3) is 2.24. The molecule has 0 saturated heterocycles. The second kappa shape index (κ2) is 6.01. The Kier molecular flexibility index (Phi) is 3.39. The van der Waals surface area contributed by atoms with Crippen LogP contribution in [0.3, 0.4) is 0 Å². The van der Waals surface area contributed by atoms with Crippen LogP contribution in [0.15, 0.2) is 85.2 Å². The Morgan fingerprint density at radius 3 is 1.04 bits per heavy atom. The highest BCUT2D eigenvalue weighted by Crippen LogP contribution is 2.39. The van der Waals surface area contributed by atoms with E-state index in [4.69, 9.17) is 0 Å². The van der Waals surface area contributed by atoms with Crippen molar-refractivity contribution in [1.29, 1.82) is 0 Å². The lowest BCUT2D eigenvalue weighted by atomic mass is 9.90. The summed E-state index contributed by atoms with van der Waals surface area (Å²) in [7, 11) is 0. The zero-order chi connectivity index (χ0) is 17.3. The van der Waals surface area contributed by atoms with Crippen LogP contribution in [0.1, 0.15) is 0 Å². The minimum Gasteiger partial charge on any atom is -0.136 e. The van der Waals surface area contributed by atoms with E-state index in [2.05, 4.69) is 93.4 Å². The molecule has 6 aromatic rings. The van der Waals surface area contributed by atoms with Crippen molar-refractivity contribution >= 4 is 43.1 Å². The van der Waals surface area contributed by atoms with Crippen LogP contribution in [0.25, 0.3) is 43.1 Å². The number of hydrogen-bond acceptors (Lipinski definition) is 4. The summed E-state index contributed by atoms with van der Waals surface area (Å²) >= 11 is 0. The smallest absolute Gasteiger partial charge is 0.0716 e. The molecule has 0 saturated carbocycles. The van der Waals surface area contributed by atoms with Gasteiger partial charge in [0.05, 0.1) is 12.4 Å². The van der Waals surface area contributed by atoms with Crippen LogP contribution in [-0.2, 0) is 0 Å². The minimum absolute atomic E-state index is 1.33. The van der Waals surface area contributed by atoms with E-state index in [0.717, 1.165) is 0 Å². The van der Waals surface area contributed by atoms with Gasteiger partial charge in [-0.25, -0.2) is 0 Å². The average molecular weight is 334 g/mol. The van der Waals surface area contributed by atoms with Gasteiger partial charge in [-0.1, -0.05) is 72.8 Å². The Labute approximate surface area is 149 Å². The molecule has 4 heteroatoms. The molecule has 0 bridgehead atoms. The topological polar surface area (TPSA) is 51.6 Å². The van der Waals surface area contributed by atoms with Crippen molar-refractivity contribution in [1.82, 2.24) is 20.6 Å². The summed E-state index contributed by atoms with van der Waals surface area (Å²) < 4.78 is 0. The highest BCUT2D eigenvalue weighted by molar-refractivity contribution is 6.32. The summed E-state index contributed by atoms with van der Waals surface area (Å²) in [5.41, 5.74) is 0. The first kappa shape index (κ1) is 14.7. The van der Waals surface area contributed by atoms with Crippen molar-refractivity contribution < 1.29 is 0 Å². The molecule has 0 atom stereocenters. The average Bonchev–Trinajstić information content (AvgIpc) is 2.73. The van der Waals surface area contributed by atoms with Crippen LogP contribution in [0.5, 0.6) is 0 Å². The number of rotatable bonds is 0. The van der Waals surface area contributed by atoms with Crippen LogP contribution in [-0.4, -0.2) is 20.6 Å². The molecule has 122 valence electrons. The van der Waals surface area contributed by atoms with E-state index in [1.54, 1.807) is 0 Å². The van der Waals surface area contributed by atoms with Gasteiger partial charge >= 0.3 is 0 Å². The van der Waals surface area contributed by atoms with Crippen LogP contribution < -0.4 is 0 Å². The first-order valence-electron chi connectivity index (χ1n) is 8.43. The van der Waals surface area contributed by atoms with Crippen LogP contribution in [0.4, 0.5) is 0 Å². The molecular formula is C22H14N4. The maximum atomic E-state index is 3.36. The fraction of sp³-hybridized carbons (Fsp3) is 0. The summed E-state index contributed by atoms with van der Waals surface area (Å²) in [6.07, 6.45) is 2.93. The Morgan fingerprint density at radius 2 is 0.769 bits per heavy atom. The maximum Gasteiger partial charge on any atom is 0.0716 e. The predicted molar refractivity (Wildman–Crippen MR) is 105 cm³/mol. The lowest BCUT2D eigenvalue weighted by molar-refractivity contribution is 0.761. The van der Waals surface area contributed by atoms with Crippen molar-refractivity contribution in [3.63, 3.8) is 0 Å². The largest absolute Gasteiger partial charge is 0.136 e. The standard InChI is InChI=1S/C20H12.C2H2N4/c1-5-13-6-2-11-17-18-12-4-8-14-7-3-10-16(20(14)18)15(9-1)19(13)17;1-2-4-6-5-3-1/h1-12H;1-2H. The molecule has 0 aliphatic rings. The monoisotopic (exact) mass is 334 g/mol. The van der Waals surface area contributed by atoms with E-state index in [-0.39, 0.29) is 0 Å². The van der Waals surface area contributed by atoms with Gasteiger partial charge in [-0.15, -0.1) is 10.2 Å². The van der Waals surface area contributed by atoms with Gasteiger partial charge in [-0.2, -0.15) is 0 Å². The molecule has 0 fully saturated rings. The molecule has 0 amide bonds. The number of benzene rings is 5. The van der Waals surface area contributed by atoms with Gasteiger partial charge in [-0.3, -0.25) is 0 Å². The van der Waals surface area contributed by atoms with Gasteiger partial charge < -0.3 is 0 Å². The summed E-state index contributed by atoms with van der Waals surface area (Å²) in [6.45, 7) is 0. The van der Waals surface area contributed by atoms with Gasteiger partial charge in [0.1, 0.15) is 0 Å². The fourth-order valence-electron chi connectivity index (χ4n) is 3.75. The van der Waals surface area contributed by atoms with Crippen LogP contribution >= 0.6 is 0 Å². The Bertz CT molecular complexity index is 1130.